The number of ether oxygens (including phenoxy) is 1. The lowest BCUT2D eigenvalue weighted by Crippen LogP contribution is -2.37. The zero-order valence-corrected chi connectivity index (χ0v) is 17.5. The molecule has 0 atom stereocenters. The lowest BCUT2D eigenvalue weighted by atomic mass is 10.3. The number of carbonyl (C=O) groups excluding carboxylic acids is 1. The van der Waals surface area contributed by atoms with E-state index in [4.69, 9.17) is 24.9 Å². The maximum Gasteiger partial charge on any atom is 0.277 e. The summed E-state index contributed by atoms with van der Waals surface area (Å²) in [6.45, 7) is 6.14. The van der Waals surface area contributed by atoms with Gasteiger partial charge in [-0.3, -0.25) is 20.0 Å². The second kappa shape index (κ2) is 9.49. The van der Waals surface area contributed by atoms with Gasteiger partial charge in [-0.1, -0.05) is 0 Å². The number of anilines is 1. The summed E-state index contributed by atoms with van der Waals surface area (Å²) in [5, 5.41) is 8.83. The molecule has 0 unspecified atom stereocenters. The molecule has 3 aromatic rings. The van der Waals surface area contributed by atoms with Crippen LogP contribution in [0.1, 0.15) is 5.82 Å². The molecule has 3 N–H and O–H groups in total. The standard InChI is InChI=1S/C20H23N9O3/c1-21-10-13(20(30)27-31)11-22-12-15-24-16-18(28(15)2)25-17(14-4-3-5-23-14)26-19(16)29-6-8-32-9-7-29/h3-5,10-11,23,31H,1,6-9,12H2,2H3,(H,27,30)/b13-10+,22-11?. The number of hydrogen-bond acceptors (Lipinski definition) is 9. The number of morpholine rings is 1. The first-order valence-corrected chi connectivity index (χ1v) is 9.92. The summed E-state index contributed by atoms with van der Waals surface area (Å²) in [5.74, 6) is 1.22. The average Bonchev–Trinajstić information content (AvgIpc) is 3.47. The fourth-order valence-electron chi connectivity index (χ4n) is 3.36. The molecule has 0 aliphatic carbocycles. The van der Waals surface area contributed by atoms with Crippen LogP contribution in [0.4, 0.5) is 5.82 Å². The van der Waals surface area contributed by atoms with E-state index in [1.807, 2.05) is 29.9 Å². The van der Waals surface area contributed by atoms with Crippen molar-refractivity contribution >= 4 is 35.8 Å². The topological polar surface area (TPSA) is 146 Å². The van der Waals surface area contributed by atoms with Gasteiger partial charge in [0.15, 0.2) is 22.8 Å². The third-order valence-corrected chi connectivity index (χ3v) is 5.00. The van der Waals surface area contributed by atoms with E-state index in [1.165, 1.54) is 12.4 Å². The van der Waals surface area contributed by atoms with Crippen LogP contribution >= 0.6 is 0 Å². The summed E-state index contributed by atoms with van der Waals surface area (Å²) in [6, 6.07) is 3.81. The number of hydrogen-bond donors (Lipinski definition) is 3. The van der Waals surface area contributed by atoms with Crippen molar-refractivity contribution in [1.29, 1.82) is 0 Å². The number of hydroxylamine groups is 1. The molecule has 1 amide bonds. The highest BCUT2D eigenvalue weighted by atomic mass is 16.5. The molecule has 4 heterocycles. The van der Waals surface area contributed by atoms with Gasteiger partial charge in [0.05, 0.1) is 31.0 Å². The van der Waals surface area contributed by atoms with E-state index in [9.17, 15) is 4.79 Å². The van der Waals surface area contributed by atoms with Crippen molar-refractivity contribution in [2.75, 3.05) is 31.2 Å². The number of carbonyl (C=O) groups is 1. The molecule has 32 heavy (non-hydrogen) atoms. The number of H-pyrrole nitrogens is 1. The van der Waals surface area contributed by atoms with Gasteiger partial charge in [0.1, 0.15) is 5.82 Å². The van der Waals surface area contributed by atoms with Gasteiger partial charge in [0.2, 0.25) is 0 Å². The largest absolute Gasteiger partial charge is 0.378 e. The number of aromatic amines is 1. The fraction of sp³-hybridized carbons (Fsp3) is 0.300. The second-order valence-corrected chi connectivity index (χ2v) is 6.99. The van der Waals surface area contributed by atoms with Crippen LogP contribution < -0.4 is 10.4 Å². The third-order valence-electron chi connectivity index (χ3n) is 5.00. The zero-order valence-electron chi connectivity index (χ0n) is 17.5. The van der Waals surface area contributed by atoms with E-state index in [0.717, 1.165) is 11.5 Å². The van der Waals surface area contributed by atoms with Crippen LogP contribution in [-0.2, 0) is 23.1 Å². The molecule has 166 valence electrons. The highest BCUT2D eigenvalue weighted by Crippen LogP contribution is 2.28. The summed E-state index contributed by atoms with van der Waals surface area (Å²) >= 11 is 0. The van der Waals surface area contributed by atoms with Crippen LogP contribution in [0.2, 0.25) is 0 Å². The number of aliphatic imine (C=N–C) groups is 2. The lowest BCUT2D eigenvalue weighted by Gasteiger charge is -2.28. The molecule has 0 bridgehead atoms. The van der Waals surface area contributed by atoms with E-state index in [1.54, 1.807) is 5.48 Å². The van der Waals surface area contributed by atoms with Crippen molar-refractivity contribution in [2.24, 2.45) is 17.0 Å². The van der Waals surface area contributed by atoms with E-state index in [-0.39, 0.29) is 12.1 Å². The summed E-state index contributed by atoms with van der Waals surface area (Å²) in [7, 11) is 1.86. The van der Waals surface area contributed by atoms with Crippen molar-refractivity contribution in [1.82, 2.24) is 30.0 Å². The smallest absolute Gasteiger partial charge is 0.277 e. The van der Waals surface area contributed by atoms with Gasteiger partial charge in [-0.05, 0) is 18.9 Å². The molecule has 1 saturated heterocycles. The second-order valence-electron chi connectivity index (χ2n) is 6.99. The quantitative estimate of drug-likeness (QED) is 0.215. The van der Waals surface area contributed by atoms with Crippen molar-refractivity contribution < 1.29 is 14.7 Å². The summed E-state index contributed by atoms with van der Waals surface area (Å²) in [6.07, 6.45) is 4.33. The Kier molecular flexibility index (Phi) is 6.33. The molecule has 12 nitrogen and oxygen atoms in total. The molecule has 3 aromatic heterocycles. The number of amides is 1. The molecule has 0 spiro atoms. The average molecular weight is 437 g/mol. The van der Waals surface area contributed by atoms with Gasteiger partial charge in [-0.25, -0.2) is 20.4 Å². The maximum absolute atomic E-state index is 11.7. The van der Waals surface area contributed by atoms with E-state index >= 15 is 0 Å². The van der Waals surface area contributed by atoms with Crippen LogP contribution in [-0.4, -0.2) is 74.9 Å². The van der Waals surface area contributed by atoms with Crippen LogP contribution in [0, 0.1) is 0 Å². The Bertz CT molecular complexity index is 1170. The molecular weight excluding hydrogens is 414 g/mol. The first-order chi connectivity index (χ1) is 15.6. The van der Waals surface area contributed by atoms with Gasteiger partial charge < -0.3 is 19.2 Å². The van der Waals surface area contributed by atoms with Gasteiger partial charge in [0.25, 0.3) is 5.91 Å². The van der Waals surface area contributed by atoms with Gasteiger partial charge in [-0.15, -0.1) is 0 Å². The van der Waals surface area contributed by atoms with Crippen molar-refractivity contribution in [3.05, 3.63) is 35.9 Å². The van der Waals surface area contributed by atoms with Crippen LogP contribution in [0.15, 0.2) is 40.1 Å². The Morgan fingerprint density at radius 3 is 2.88 bits per heavy atom. The number of imidazole rings is 1. The molecule has 0 radical (unpaired) electrons. The Morgan fingerprint density at radius 2 is 2.19 bits per heavy atom. The van der Waals surface area contributed by atoms with Crippen LogP contribution in [0.5, 0.6) is 0 Å². The predicted molar refractivity (Wildman–Crippen MR) is 119 cm³/mol. The SMILES string of the molecule is C=N/C=C(\C=NCc1nc2c(N3CCOCC3)nc(-c3ccc[nH]3)nc2n1C)C(=O)NO. The van der Waals surface area contributed by atoms with Crippen LogP contribution in [0.25, 0.3) is 22.7 Å². The fourth-order valence-corrected chi connectivity index (χ4v) is 3.36. The molecule has 4 rings (SSSR count). The van der Waals surface area contributed by atoms with Crippen molar-refractivity contribution in [3.63, 3.8) is 0 Å². The van der Waals surface area contributed by atoms with Crippen molar-refractivity contribution in [3.8, 4) is 11.5 Å². The van der Waals surface area contributed by atoms with Gasteiger partial charge >= 0.3 is 0 Å². The Hall–Kier alpha value is -3.90. The Morgan fingerprint density at radius 1 is 1.38 bits per heavy atom. The maximum atomic E-state index is 11.7. The number of aryl methyl sites for hydroxylation is 1. The predicted octanol–water partition coefficient (Wildman–Crippen LogP) is 0.856. The highest BCUT2D eigenvalue weighted by Gasteiger charge is 2.22. The monoisotopic (exact) mass is 437 g/mol. The normalized spacial score (nSPS) is 14.9. The van der Waals surface area contributed by atoms with Gasteiger partial charge in [0, 0.05) is 38.7 Å². The molecule has 0 aromatic carbocycles. The van der Waals surface area contributed by atoms with E-state index in [2.05, 4.69) is 26.6 Å². The lowest BCUT2D eigenvalue weighted by molar-refractivity contribution is -0.124. The molecule has 1 aliphatic heterocycles. The van der Waals surface area contributed by atoms with E-state index < -0.39 is 5.91 Å². The zero-order chi connectivity index (χ0) is 22.5. The summed E-state index contributed by atoms with van der Waals surface area (Å²) in [4.78, 5) is 39.0. The molecule has 0 saturated carbocycles. The minimum atomic E-state index is -0.734. The number of nitrogens with zero attached hydrogens (tertiary/aromatic N) is 7. The van der Waals surface area contributed by atoms with E-state index in [0.29, 0.717) is 49.1 Å². The van der Waals surface area contributed by atoms with Crippen molar-refractivity contribution in [2.45, 2.75) is 6.54 Å². The highest BCUT2D eigenvalue weighted by molar-refractivity contribution is 6.11. The number of nitrogens with one attached hydrogen (secondary N) is 2. The number of rotatable bonds is 7. The third kappa shape index (κ3) is 4.26. The van der Waals surface area contributed by atoms with Crippen LogP contribution in [0.3, 0.4) is 0 Å². The molecule has 12 heteroatoms. The Balaban J connectivity index is 1.73. The first-order valence-electron chi connectivity index (χ1n) is 9.92. The molecular formula is C20H23N9O3. The minimum absolute atomic E-state index is 0.0593. The minimum Gasteiger partial charge on any atom is -0.378 e. The Labute approximate surface area is 183 Å². The van der Waals surface area contributed by atoms with Gasteiger partial charge in [-0.2, -0.15) is 0 Å². The summed E-state index contributed by atoms with van der Waals surface area (Å²) in [5.41, 5.74) is 3.77. The first kappa shape index (κ1) is 21.3. The number of fused-ring (bicyclic) bond motifs is 1. The summed E-state index contributed by atoms with van der Waals surface area (Å²) < 4.78 is 7.34. The molecule has 1 aliphatic rings. The molecule has 1 fully saturated rings. The number of aromatic nitrogens is 5.